The lowest BCUT2D eigenvalue weighted by atomic mass is 9.97. The molecule has 0 unspecified atom stereocenters. The monoisotopic (exact) mass is 1300 g/mol. The van der Waals surface area contributed by atoms with Crippen molar-refractivity contribution in [2.24, 2.45) is 42.3 Å². The van der Waals surface area contributed by atoms with Crippen molar-refractivity contribution >= 4 is 0 Å². The highest BCUT2D eigenvalue weighted by molar-refractivity contribution is 5.68. The first-order valence-electron chi connectivity index (χ1n) is 37.9. The minimum atomic E-state index is -2.07. The number of aryl methyl sites for hydroxylation is 19. The quantitative estimate of drug-likeness (QED) is 0.148. The molecule has 0 radical (unpaired) electrons. The lowest BCUT2D eigenvalue weighted by Crippen LogP contribution is -2.35. The predicted molar refractivity (Wildman–Crippen MR) is 408 cm³/mol. The van der Waals surface area contributed by atoms with Crippen LogP contribution in [0.1, 0.15) is 118 Å². The summed E-state index contributed by atoms with van der Waals surface area (Å²) in [6.07, 6.45) is 7.27. The van der Waals surface area contributed by atoms with Crippen molar-refractivity contribution in [3.8, 4) is 67.5 Å². The summed E-state index contributed by atoms with van der Waals surface area (Å²) in [5.74, 6) is 0. The van der Waals surface area contributed by atoms with E-state index in [1.54, 1.807) is 24.7 Å². The topological polar surface area (TPSA) is 23.3 Å². The van der Waals surface area contributed by atoms with Crippen molar-refractivity contribution in [3.63, 3.8) is 0 Å². The van der Waals surface area contributed by atoms with Crippen LogP contribution in [0.25, 0.3) is 67.5 Å². The van der Waals surface area contributed by atoms with Gasteiger partial charge in [0.15, 0.2) is 36.2 Å². The maximum Gasteiger partial charge on any atom is 0.215 e. The van der Waals surface area contributed by atoms with E-state index in [1.165, 1.54) is 101 Å². The van der Waals surface area contributed by atoms with Crippen molar-refractivity contribution in [2.45, 2.75) is 131 Å². The molecule has 0 saturated carbocycles. The summed E-state index contributed by atoms with van der Waals surface area (Å²) in [5, 5.41) is 0. The zero-order chi connectivity index (χ0) is 78.6. The number of hydrogen-bond acceptors (Lipinski definition) is 0. The number of rotatable bonds is 6. The number of pyridine rings is 6. The fraction of sp³-hybridized carbons (Fsp3) is 0.275. The molecule has 0 amide bonds. The Morgan fingerprint density at radius 3 is 1.13 bits per heavy atom. The molecule has 6 heteroatoms. The summed E-state index contributed by atoms with van der Waals surface area (Å²) in [6, 6.07) is 64.7. The van der Waals surface area contributed by atoms with E-state index in [4.69, 9.17) is 12.3 Å². The van der Waals surface area contributed by atoms with Crippen molar-refractivity contribution in [1.29, 1.82) is 0 Å². The first kappa shape index (κ1) is 62.1. The molecule has 0 fully saturated rings. The SMILES string of the molecule is Cc1cc(C)[n+](C)c(-c2ccccc2C)c1.Cc1ccccc1-c1c(C)c(C)cc[n+]1C.Cc1ccccc1-c1ccc(C)c(C)[n+]1C.[2H]C([2H])([2H])c1c[n+](C)c(-c2ccccc2C)c(C)c1C.[2H]C([2H])([2H])c1c[n+](C)c(-c2ccccc2C)cc1C.[2H]C([2H])([2H])c1cc(C)c(-c2ccccc2C)[n+](C)c1. The highest BCUT2D eigenvalue weighted by atomic mass is 15.0. The predicted octanol–water partition coefficient (Wildman–Crippen LogP) is 18.9. The highest BCUT2D eigenvalue weighted by Crippen LogP contribution is 2.29. The van der Waals surface area contributed by atoms with Gasteiger partial charge >= 0.3 is 0 Å². The molecule has 12 aromatic rings. The maximum atomic E-state index is 7.64. The van der Waals surface area contributed by atoms with Gasteiger partial charge in [-0.3, -0.25) is 0 Å². The highest BCUT2D eigenvalue weighted by Gasteiger charge is 2.22. The van der Waals surface area contributed by atoms with Gasteiger partial charge in [0, 0.05) is 129 Å². The molecule has 6 aromatic heterocycles. The van der Waals surface area contributed by atoms with Crippen LogP contribution in [-0.2, 0) is 42.3 Å². The van der Waals surface area contributed by atoms with Crippen LogP contribution in [0.15, 0.2) is 213 Å². The van der Waals surface area contributed by atoms with Gasteiger partial charge in [-0.25, -0.2) is 18.3 Å². The molecule has 498 valence electrons. The molecule has 0 bridgehead atoms. The minimum Gasteiger partial charge on any atom is -0.201 e. The van der Waals surface area contributed by atoms with E-state index in [-0.39, 0.29) is 0 Å². The van der Waals surface area contributed by atoms with Crippen LogP contribution in [0.4, 0.5) is 0 Å². The molecule has 0 atom stereocenters. The Bertz CT molecular complexity index is 5100. The molecule has 6 heterocycles. The van der Waals surface area contributed by atoms with E-state index in [0.29, 0.717) is 16.7 Å². The molecular formula is C91H110N6+6. The molecule has 0 aliphatic carbocycles. The van der Waals surface area contributed by atoms with Gasteiger partial charge in [0.1, 0.15) is 42.3 Å². The van der Waals surface area contributed by atoms with E-state index in [0.717, 1.165) is 56.0 Å². The second-order valence-corrected chi connectivity index (χ2v) is 26.1. The van der Waals surface area contributed by atoms with Gasteiger partial charge in [-0.2, -0.15) is 9.13 Å². The lowest BCUT2D eigenvalue weighted by Gasteiger charge is -2.10. The van der Waals surface area contributed by atoms with E-state index < -0.39 is 20.6 Å². The second-order valence-electron chi connectivity index (χ2n) is 26.1. The van der Waals surface area contributed by atoms with Gasteiger partial charge in [-0.15, -0.1) is 0 Å². The number of hydrogen-bond donors (Lipinski definition) is 0. The van der Waals surface area contributed by atoms with Crippen molar-refractivity contribution in [1.82, 2.24) is 0 Å². The lowest BCUT2D eigenvalue weighted by molar-refractivity contribution is -0.667. The van der Waals surface area contributed by atoms with Gasteiger partial charge in [-0.1, -0.05) is 109 Å². The Kier molecular flexibility index (Phi) is 21.6. The van der Waals surface area contributed by atoms with E-state index in [2.05, 4.69) is 264 Å². The van der Waals surface area contributed by atoms with Gasteiger partial charge in [-0.05, 0) is 222 Å². The Morgan fingerprint density at radius 1 is 0.247 bits per heavy atom. The summed E-state index contributed by atoms with van der Waals surface area (Å²) < 4.78 is 80.5. The van der Waals surface area contributed by atoms with Crippen LogP contribution in [0, 0.1) is 131 Å². The molecule has 0 aliphatic rings. The minimum absolute atomic E-state index is 0.379. The Hall–Kier alpha value is -9.78. The number of benzene rings is 6. The fourth-order valence-electron chi connectivity index (χ4n) is 12.4. The zero-order valence-electron chi connectivity index (χ0n) is 70.9. The van der Waals surface area contributed by atoms with Crippen LogP contribution in [0.2, 0.25) is 0 Å². The van der Waals surface area contributed by atoms with Crippen molar-refractivity contribution in [3.05, 3.63) is 319 Å². The summed E-state index contributed by atoms with van der Waals surface area (Å²) in [6.45, 7) is 27.1. The van der Waals surface area contributed by atoms with E-state index >= 15 is 0 Å². The number of aromatic nitrogens is 6. The summed E-state index contributed by atoms with van der Waals surface area (Å²) >= 11 is 0. The first-order valence-corrected chi connectivity index (χ1v) is 33.4. The average molecular weight is 1300 g/mol. The first-order chi connectivity index (χ1) is 49.6. The maximum absolute atomic E-state index is 7.64. The third-order valence-electron chi connectivity index (χ3n) is 18.8. The van der Waals surface area contributed by atoms with Gasteiger partial charge in [0.2, 0.25) is 34.2 Å². The van der Waals surface area contributed by atoms with Gasteiger partial charge in [0.25, 0.3) is 0 Å². The third kappa shape index (κ3) is 18.4. The van der Waals surface area contributed by atoms with Gasteiger partial charge in [0.05, 0.1) is 0 Å². The standard InChI is InChI=1S/C16H20N.5C15H18N/c1-11-8-6-7-9-15(11)16-14(4)13(3)12(2)10-17(16)5;1-11-9-13(3)15(16(4)10-11)14-8-6-5-7-12(14)2;1-11-9-13(3)16(4)15(10-11)14-8-6-5-7-12(14)2;1-11-7-5-6-8-14(11)15-9-12(2)13(3)10-16(15)4;1-11-9-10-16(4)15(13(11)3)14-8-6-5-7-12(14)2;1-11-9-10-15(16(4)13(11)3)14-8-6-5-7-12(14)2/h6-10H,1-5H3;5*5-10H,1-4H3/q6*+1/i2D3;1D3;;3D3;;. The molecular weight excluding hydrogens is 1180 g/mol. The number of nitrogens with zero attached hydrogens (tertiary/aromatic N) is 6. The molecule has 12 rings (SSSR count). The van der Waals surface area contributed by atoms with Crippen LogP contribution in [0.3, 0.4) is 0 Å². The smallest absolute Gasteiger partial charge is 0.201 e. The molecule has 0 saturated heterocycles. The van der Waals surface area contributed by atoms with Gasteiger partial charge < -0.3 is 0 Å². The Balaban J connectivity index is 0.000000178. The normalized spacial score (nSPS) is 12.3. The van der Waals surface area contributed by atoms with Crippen LogP contribution in [-0.4, -0.2) is 0 Å². The largest absolute Gasteiger partial charge is 0.215 e. The second kappa shape index (κ2) is 33.7. The molecule has 0 N–H and O–H groups in total. The van der Waals surface area contributed by atoms with E-state index in [1.807, 2.05) is 105 Å². The summed E-state index contributed by atoms with van der Waals surface area (Å²) in [7, 11) is 12.0. The Labute approximate surface area is 596 Å². The Morgan fingerprint density at radius 2 is 0.670 bits per heavy atom. The average Bonchev–Trinajstić information content (AvgIpc) is 0.781. The third-order valence-corrected chi connectivity index (χ3v) is 18.8. The molecule has 6 nitrogen and oxygen atoms in total. The van der Waals surface area contributed by atoms with Crippen LogP contribution in [0.5, 0.6) is 0 Å². The van der Waals surface area contributed by atoms with Crippen LogP contribution < -0.4 is 27.4 Å². The summed E-state index contributed by atoms with van der Waals surface area (Å²) in [4.78, 5) is 0. The van der Waals surface area contributed by atoms with E-state index in [9.17, 15) is 0 Å². The van der Waals surface area contributed by atoms with Crippen LogP contribution >= 0.6 is 0 Å². The van der Waals surface area contributed by atoms with Crippen molar-refractivity contribution < 1.29 is 39.7 Å². The molecule has 0 aliphatic heterocycles. The fourth-order valence-corrected chi connectivity index (χ4v) is 12.4. The molecule has 0 spiro atoms. The summed E-state index contributed by atoms with van der Waals surface area (Å²) in [5.41, 5.74) is 34.8. The zero-order valence-corrected chi connectivity index (χ0v) is 61.9. The van der Waals surface area contributed by atoms with Crippen molar-refractivity contribution in [2.75, 3.05) is 0 Å². The molecule has 97 heavy (non-hydrogen) atoms. The molecule has 6 aromatic carbocycles.